The average Bonchev–Trinajstić information content (AvgIpc) is 2.88. The molecule has 0 aliphatic rings. The van der Waals surface area contributed by atoms with Crippen molar-refractivity contribution in [3.63, 3.8) is 0 Å². The van der Waals surface area contributed by atoms with E-state index in [1.165, 1.54) is 18.5 Å². The van der Waals surface area contributed by atoms with Crippen molar-refractivity contribution in [3.05, 3.63) is 23.2 Å². The predicted octanol–water partition coefficient (Wildman–Crippen LogP) is 5.09. The van der Waals surface area contributed by atoms with Crippen LogP contribution in [0, 0.1) is 0 Å². The zero-order valence-electron chi connectivity index (χ0n) is 14.0. The quantitative estimate of drug-likeness (QED) is 0.625. The molecule has 22 heavy (non-hydrogen) atoms. The molecule has 0 radical (unpaired) electrons. The maximum atomic E-state index is 6.09. The van der Waals surface area contributed by atoms with E-state index in [0.29, 0.717) is 6.04 Å². The number of aromatic nitrogens is 2. The summed E-state index contributed by atoms with van der Waals surface area (Å²) in [7, 11) is 0. The normalized spacial score (nSPS) is 13.2. The van der Waals surface area contributed by atoms with Crippen LogP contribution in [-0.2, 0) is 0 Å². The van der Waals surface area contributed by atoms with Gasteiger partial charge in [-0.05, 0) is 63.9 Å². The van der Waals surface area contributed by atoms with Gasteiger partial charge in [0.25, 0.3) is 0 Å². The van der Waals surface area contributed by atoms with E-state index in [-0.39, 0.29) is 0 Å². The van der Waals surface area contributed by atoms with Gasteiger partial charge in [-0.15, -0.1) is 0 Å². The standard InChI is InChI=1S/C17H26ClN3S/c1-5-20(6-2)11-7-8-13(3)21-16-10-9-14(18)12-15(16)19-17(21)22-4/h9-10,12-13H,5-8,11H2,1-4H3/t13-/m0/s1. The summed E-state index contributed by atoms with van der Waals surface area (Å²) in [5.74, 6) is 0. The smallest absolute Gasteiger partial charge is 0.169 e. The summed E-state index contributed by atoms with van der Waals surface area (Å²) in [6, 6.07) is 6.44. The average molecular weight is 340 g/mol. The molecule has 2 rings (SSSR count). The lowest BCUT2D eigenvalue weighted by molar-refractivity contribution is 0.287. The minimum absolute atomic E-state index is 0.448. The van der Waals surface area contributed by atoms with Gasteiger partial charge in [-0.3, -0.25) is 0 Å². The molecular weight excluding hydrogens is 314 g/mol. The van der Waals surface area contributed by atoms with Crippen molar-refractivity contribution in [1.29, 1.82) is 0 Å². The zero-order valence-corrected chi connectivity index (χ0v) is 15.5. The van der Waals surface area contributed by atoms with Crippen LogP contribution in [0.15, 0.2) is 23.4 Å². The van der Waals surface area contributed by atoms with Crippen LogP contribution in [0.3, 0.4) is 0 Å². The van der Waals surface area contributed by atoms with Gasteiger partial charge in [0.05, 0.1) is 11.0 Å². The third-order valence-electron chi connectivity index (χ3n) is 4.23. The fourth-order valence-electron chi connectivity index (χ4n) is 2.90. The van der Waals surface area contributed by atoms with Gasteiger partial charge in [0.15, 0.2) is 5.16 Å². The van der Waals surface area contributed by atoms with E-state index in [1.807, 2.05) is 12.1 Å². The van der Waals surface area contributed by atoms with Crippen molar-refractivity contribution in [2.45, 2.75) is 44.8 Å². The van der Waals surface area contributed by atoms with Crippen LogP contribution in [0.4, 0.5) is 0 Å². The number of fused-ring (bicyclic) bond motifs is 1. The summed E-state index contributed by atoms with van der Waals surface area (Å²) in [5, 5.41) is 1.83. The van der Waals surface area contributed by atoms with Crippen molar-refractivity contribution < 1.29 is 0 Å². The Bertz CT molecular complexity index is 607. The van der Waals surface area contributed by atoms with Gasteiger partial charge in [0.2, 0.25) is 0 Å². The van der Waals surface area contributed by atoms with E-state index < -0.39 is 0 Å². The molecule has 0 bridgehead atoms. The molecule has 1 atom stereocenters. The summed E-state index contributed by atoms with van der Waals surface area (Å²) in [6.07, 6.45) is 4.46. The third kappa shape index (κ3) is 3.98. The fourth-order valence-corrected chi connectivity index (χ4v) is 3.73. The van der Waals surface area contributed by atoms with Crippen LogP contribution in [-0.4, -0.2) is 40.3 Å². The first-order chi connectivity index (χ1) is 10.6. The molecule has 0 aliphatic heterocycles. The number of halogens is 1. The van der Waals surface area contributed by atoms with E-state index in [4.69, 9.17) is 16.6 Å². The Labute approximate surface area is 143 Å². The van der Waals surface area contributed by atoms with Crippen LogP contribution in [0.2, 0.25) is 5.02 Å². The van der Waals surface area contributed by atoms with Crippen LogP contribution in [0.5, 0.6) is 0 Å². The van der Waals surface area contributed by atoms with Gasteiger partial charge in [0.1, 0.15) is 0 Å². The Morgan fingerprint density at radius 2 is 2.05 bits per heavy atom. The van der Waals surface area contributed by atoms with Gasteiger partial charge in [-0.25, -0.2) is 4.98 Å². The van der Waals surface area contributed by atoms with E-state index in [0.717, 1.165) is 35.2 Å². The Balaban J connectivity index is 2.14. The molecule has 0 saturated carbocycles. The molecule has 5 heteroatoms. The highest BCUT2D eigenvalue weighted by Gasteiger charge is 2.15. The number of imidazole rings is 1. The fraction of sp³-hybridized carbons (Fsp3) is 0.588. The van der Waals surface area contributed by atoms with E-state index in [9.17, 15) is 0 Å². The molecule has 1 aromatic heterocycles. The highest BCUT2D eigenvalue weighted by molar-refractivity contribution is 7.98. The summed E-state index contributed by atoms with van der Waals surface area (Å²) in [5.41, 5.74) is 2.18. The minimum Gasteiger partial charge on any atom is -0.316 e. The summed E-state index contributed by atoms with van der Waals surface area (Å²) >= 11 is 7.79. The monoisotopic (exact) mass is 339 g/mol. The first-order valence-corrected chi connectivity index (χ1v) is 9.64. The first-order valence-electron chi connectivity index (χ1n) is 8.04. The zero-order chi connectivity index (χ0) is 16.1. The van der Waals surface area contributed by atoms with E-state index in [2.05, 4.69) is 42.6 Å². The van der Waals surface area contributed by atoms with E-state index >= 15 is 0 Å². The molecule has 122 valence electrons. The number of benzene rings is 1. The van der Waals surface area contributed by atoms with Crippen molar-refractivity contribution in [1.82, 2.24) is 14.5 Å². The number of rotatable bonds is 8. The van der Waals surface area contributed by atoms with Crippen molar-refractivity contribution in [2.24, 2.45) is 0 Å². The minimum atomic E-state index is 0.448. The van der Waals surface area contributed by atoms with Crippen LogP contribution in [0.25, 0.3) is 11.0 Å². The molecule has 0 amide bonds. The number of hydrogen-bond donors (Lipinski definition) is 0. The highest BCUT2D eigenvalue weighted by atomic mass is 35.5. The van der Waals surface area contributed by atoms with Gasteiger partial charge in [-0.1, -0.05) is 37.2 Å². The maximum absolute atomic E-state index is 6.09. The molecule has 0 aliphatic carbocycles. The molecule has 0 fully saturated rings. The summed E-state index contributed by atoms with van der Waals surface area (Å²) < 4.78 is 2.36. The lowest BCUT2D eigenvalue weighted by Crippen LogP contribution is -2.24. The number of nitrogens with zero attached hydrogens (tertiary/aromatic N) is 3. The molecule has 3 nitrogen and oxygen atoms in total. The second-order valence-electron chi connectivity index (χ2n) is 5.62. The number of hydrogen-bond acceptors (Lipinski definition) is 3. The van der Waals surface area contributed by atoms with Crippen LogP contribution in [0.1, 0.15) is 39.7 Å². The molecule has 0 spiro atoms. The van der Waals surface area contributed by atoms with Gasteiger partial charge in [-0.2, -0.15) is 0 Å². The largest absolute Gasteiger partial charge is 0.316 e. The van der Waals surface area contributed by atoms with Gasteiger partial charge < -0.3 is 9.47 Å². The molecular formula is C17H26ClN3S. The second-order valence-corrected chi connectivity index (χ2v) is 6.83. The lowest BCUT2D eigenvalue weighted by atomic mass is 10.1. The predicted molar refractivity (Wildman–Crippen MR) is 98.3 cm³/mol. The Hall–Kier alpha value is -0.710. The van der Waals surface area contributed by atoms with Crippen molar-refractivity contribution >= 4 is 34.4 Å². The Kier molecular flexibility index (Phi) is 6.60. The molecule has 0 N–H and O–H groups in total. The lowest BCUT2D eigenvalue weighted by Gasteiger charge is -2.21. The highest BCUT2D eigenvalue weighted by Crippen LogP contribution is 2.30. The second kappa shape index (κ2) is 8.23. The molecule has 1 heterocycles. The SMILES string of the molecule is CCN(CC)CCC[C@H](C)n1c(SC)nc2cc(Cl)ccc21. The molecule has 0 saturated heterocycles. The Morgan fingerprint density at radius 1 is 1.32 bits per heavy atom. The third-order valence-corrected chi connectivity index (χ3v) is 5.12. The molecule has 2 aromatic rings. The van der Waals surface area contributed by atoms with Gasteiger partial charge in [0, 0.05) is 11.1 Å². The van der Waals surface area contributed by atoms with Crippen molar-refractivity contribution in [3.8, 4) is 0 Å². The van der Waals surface area contributed by atoms with Crippen molar-refractivity contribution in [2.75, 3.05) is 25.9 Å². The maximum Gasteiger partial charge on any atom is 0.169 e. The van der Waals surface area contributed by atoms with Crippen LogP contribution < -0.4 is 0 Å². The van der Waals surface area contributed by atoms with Gasteiger partial charge >= 0.3 is 0 Å². The topological polar surface area (TPSA) is 21.1 Å². The molecule has 1 aromatic carbocycles. The summed E-state index contributed by atoms with van der Waals surface area (Å²) in [6.45, 7) is 10.2. The summed E-state index contributed by atoms with van der Waals surface area (Å²) in [4.78, 5) is 7.20. The first kappa shape index (κ1) is 17.6. The molecule has 0 unspecified atom stereocenters. The number of thioether (sulfide) groups is 1. The van der Waals surface area contributed by atoms with Crippen LogP contribution >= 0.6 is 23.4 Å². The van der Waals surface area contributed by atoms with E-state index in [1.54, 1.807) is 11.8 Å². The Morgan fingerprint density at radius 3 is 2.68 bits per heavy atom.